The van der Waals surface area contributed by atoms with Gasteiger partial charge in [0.05, 0.1) is 13.5 Å². The molecule has 0 fully saturated rings. The first kappa shape index (κ1) is 11.9. The van der Waals surface area contributed by atoms with Crippen LogP contribution in [0.4, 0.5) is 5.69 Å². The number of hydrogen-bond acceptors (Lipinski definition) is 1. The number of pyridine rings is 1. The molecule has 0 aliphatic carbocycles. The Morgan fingerprint density at radius 3 is 2.63 bits per heavy atom. The van der Waals surface area contributed by atoms with Crippen molar-refractivity contribution in [1.29, 1.82) is 0 Å². The molecule has 0 saturated carbocycles. The lowest BCUT2D eigenvalue weighted by atomic mass is 9.93. The minimum Gasteiger partial charge on any atom is -0.455 e. The predicted octanol–water partition coefficient (Wildman–Crippen LogP) is 7.06. The first-order valence-corrected chi connectivity index (χ1v) is 9.76. The first-order chi connectivity index (χ1) is 17.9. The standard InChI is InChI=1S/C27H29N2O/c1-15(2)13-20-14-23(29(8)19(6)17(20)4)25-16(3)9-10-21-26-18(5)22(28-7)11-12-24(26)30-27(21)25/h9-12,14-15H,13H2,1-6,8H3/q+1/i4D3,5D3,13D2,14D. The van der Waals surface area contributed by atoms with E-state index in [2.05, 4.69) is 4.85 Å². The summed E-state index contributed by atoms with van der Waals surface area (Å²) in [6.45, 7) is 8.92. The highest BCUT2D eigenvalue weighted by molar-refractivity contribution is 6.12. The van der Waals surface area contributed by atoms with Crippen molar-refractivity contribution in [2.45, 2.75) is 47.8 Å². The van der Waals surface area contributed by atoms with Crippen molar-refractivity contribution in [1.82, 2.24) is 0 Å². The van der Waals surface area contributed by atoms with Gasteiger partial charge in [-0.15, -0.1) is 0 Å². The van der Waals surface area contributed by atoms with Crippen molar-refractivity contribution in [3.05, 3.63) is 69.7 Å². The number of aromatic nitrogens is 1. The molecule has 2 aromatic heterocycles. The smallest absolute Gasteiger partial charge is 0.216 e. The molecular formula is C27H29N2O+. The Kier molecular flexibility index (Phi) is 2.89. The van der Waals surface area contributed by atoms with Gasteiger partial charge in [0.1, 0.15) is 18.2 Å². The molecule has 0 N–H and O–H groups in total. The van der Waals surface area contributed by atoms with Gasteiger partial charge in [-0.05, 0) is 55.7 Å². The molecule has 2 heterocycles. The lowest BCUT2D eigenvalue weighted by molar-refractivity contribution is -0.667. The third kappa shape index (κ3) is 2.99. The van der Waals surface area contributed by atoms with E-state index in [1.807, 2.05) is 0 Å². The second-order valence-corrected chi connectivity index (χ2v) is 7.85. The van der Waals surface area contributed by atoms with Crippen molar-refractivity contribution in [3.8, 4) is 11.3 Å². The van der Waals surface area contributed by atoms with E-state index in [0.29, 0.717) is 16.5 Å². The van der Waals surface area contributed by atoms with Gasteiger partial charge in [-0.3, -0.25) is 0 Å². The molecule has 4 rings (SSSR count). The summed E-state index contributed by atoms with van der Waals surface area (Å²) >= 11 is 0. The van der Waals surface area contributed by atoms with E-state index in [-0.39, 0.29) is 56.4 Å². The van der Waals surface area contributed by atoms with Crippen molar-refractivity contribution in [2.75, 3.05) is 0 Å². The molecule has 0 spiro atoms. The second-order valence-electron chi connectivity index (χ2n) is 7.85. The first-order valence-electron chi connectivity index (χ1n) is 14.3. The summed E-state index contributed by atoms with van der Waals surface area (Å²) in [5, 5.41) is 0.718. The van der Waals surface area contributed by atoms with Crippen molar-refractivity contribution < 1.29 is 21.3 Å². The van der Waals surface area contributed by atoms with Crippen molar-refractivity contribution in [3.63, 3.8) is 0 Å². The zero-order valence-corrected chi connectivity index (χ0v) is 17.7. The number of benzene rings is 2. The van der Waals surface area contributed by atoms with Gasteiger partial charge in [0.15, 0.2) is 11.4 Å². The Labute approximate surface area is 191 Å². The number of fused-ring (bicyclic) bond motifs is 3. The molecule has 152 valence electrons. The Hall–Kier alpha value is -3.12. The van der Waals surface area contributed by atoms with Gasteiger partial charge in [0.25, 0.3) is 0 Å². The molecule has 2 aromatic carbocycles. The number of nitrogens with zero attached hydrogens (tertiary/aromatic N) is 2. The van der Waals surface area contributed by atoms with E-state index in [0.717, 1.165) is 0 Å². The van der Waals surface area contributed by atoms with Crippen molar-refractivity contribution in [2.24, 2.45) is 13.0 Å². The number of aryl methyl sites for hydroxylation is 2. The largest absolute Gasteiger partial charge is 0.455 e. The molecule has 0 aliphatic rings. The van der Waals surface area contributed by atoms with Crippen LogP contribution in [0.2, 0.25) is 0 Å². The van der Waals surface area contributed by atoms with Gasteiger partial charge in [-0.2, -0.15) is 4.57 Å². The SMILES string of the molecule is [2H]c1c(C([2H])([2H])C(C)C)c(C([2H])([2H])[2H])c(C)[n+](C)c1-c1c(C)ccc2c1oc1ccc([N+]#[C-])c(C([2H])([2H])[2H])c12. The average molecular weight is 407 g/mol. The fourth-order valence-electron chi connectivity index (χ4n) is 3.81. The quantitative estimate of drug-likeness (QED) is 0.263. The maximum absolute atomic E-state index is 9.22. The number of hydrogen-bond donors (Lipinski definition) is 0. The fourth-order valence-corrected chi connectivity index (χ4v) is 3.81. The van der Waals surface area contributed by atoms with E-state index in [1.165, 1.54) is 6.07 Å². The zero-order chi connectivity index (χ0) is 29.4. The normalized spacial score (nSPS) is 17.3. The summed E-state index contributed by atoms with van der Waals surface area (Å²) in [7, 11) is 1.62. The van der Waals surface area contributed by atoms with Crippen LogP contribution in [-0.2, 0) is 13.4 Å². The third-order valence-corrected chi connectivity index (χ3v) is 5.48. The van der Waals surface area contributed by atoms with Crippen LogP contribution in [0, 0.1) is 40.0 Å². The molecule has 0 aliphatic heterocycles. The van der Waals surface area contributed by atoms with Crippen LogP contribution < -0.4 is 4.57 Å². The summed E-state index contributed by atoms with van der Waals surface area (Å²) < 4.78 is 83.5. The van der Waals surface area contributed by atoms with Gasteiger partial charge in [0.2, 0.25) is 5.69 Å². The third-order valence-electron chi connectivity index (χ3n) is 5.48. The average Bonchev–Trinajstić information content (AvgIpc) is 3.18. The highest BCUT2D eigenvalue weighted by Crippen LogP contribution is 2.40. The highest BCUT2D eigenvalue weighted by Gasteiger charge is 2.25. The van der Waals surface area contributed by atoms with Gasteiger partial charge < -0.3 is 4.42 Å². The summed E-state index contributed by atoms with van der Waals surface area (Å²) in [5.74, 6) is -0.625. The predicted molar refractivity (Wildman–Crippen MR) is 124 cm³/mol. The molecule has 0 atom stereocenters. The molecule has 30 heavy (non-hydrogen) atoms. The minimum atomic E-state index is -2.67. The Morgan fingerprint density at radius 2 is 1.97 bits per heavy atom. The number of rotatable bonds is 3. The van der Waals surface area contributed by atoms with Gasteiger partial charge in [-0.1, -0.05) is 32.0 Å². The van der Waals surface area contributed by atoms with Gasteiger partial charge >= 0.3 is 0 Å². The van der Waals surface area contributed by atoms with Gasteiger partial charge in [0, 0.05) is 40.3 Å². The maximum Gasteiger partial charge on any atom is 0.216 e. The molecule has 3 nitrogen and oxygen atoms in total. The van der Waals surface area contributed by atoms with E-state index in [1.54, 1.807) is 57.5 Å². The number of furan rings is 1. The lowest BCUT2D eigenvalue weighted by Crippen LogP contribution is -2.36. The zero-order valence-electron chi connectivity index (χ0n) is 26.7. The summed E-state index contributed by atoms with van der Waals surface area (Å²) in [5.41, 5.74) is 1.65. The van der Waals surface area contributed by atoms with Crippen LogP contribution in [0.5, 0.6) is 0 Å². The molecule has 0 radical (unpaired) electrons. The van der Waals surface area contributed by atoms with Crippen LogP contribution in [-0.4, -0.2) is 0 Å². The molecule has 0 unspecified atom stereocenters. The molecule has 4 aromatic rings. The molecular weight excluding hydrogens is 368 g/mol. The fraction of sp³-hybridized carbons (Fsp3) is 0.333. The Balaban J connectivity index is 2.26. The van der Waals surface area contributed by atoms with Crippen LogP contribution in [0.15, 0.2) is 34.7 Å². The van der Waals surface area contributed by atoms with Crippen LogP contribution in [0.25, 0.3) is 38.0 Å². The molecule has 0 amide bonds. The Morgan fingerprint density at radius 1 is 1.20 bits per heavy atom. The highest BCUT2D eigenvalue weighted by atomic mass is 16.3. The topological polar surface area (TPSA) is 21.4 Å². The van der Waals surface area contributed by atoms with E-state index in [9.17, 15) is 1.37 Å². The van der Waals surface area contributed by atoms with E-state index in [4.69, 9.17) is 22.0 Å². The minimum absolute atomic E-state index is 0.00986. The van der Waals surface area contributed by atoms with E-state index >= 15 is 0 Å². The van der Waals surface area contributed by atoms with Crippen molar-refractivity contribution >= 4 is 27.6 Å². The molecule has 0 saturated heterocycles. The van der Waals surface area contributed by atoms with Gasteiger partial charge in [-0.25, -0.2) is 4.85 Å². The lowest BCUT2D eigenvalue weighted by Gasteiger charge is -2.14. The monoisotopic (exact) mass is 406 g/mol. The summed E-state index contributed by atoms with van der Waals surface area (Å²) in [4.78, 5) is 3.42. The van der Waals surface area contributed by atoms with Crippen LogP contribution in [0.3, 0.4) is 0 Å². The maximum atomic E-state index is 9.22. The summed E-state index contributed by atoms with van der Waals surface area (Å²) in [6.07, 6.45) is -2.14. The molecule has 3 heteroatoms. The van der Waals surface area contributed by atoms with Crippen LogP contribution >= 0.6 is 0 Å². The van der Waals surface area contributed by atoms with Crippen LogP contribution in [0.1, 0.15) is 54.1 Å². The van der Waals surface area contributed by atoms with E-state index < -0.39 is 26.0 Å². The summed E-state index contributed by atoms with van der Waals surface area (Å²) in [6, 6.07) is 6.15. The second kappa shape index (κ2) is 7.29. The Bertz CT molecular complexity index is 1690. The molecule has 0 bridgehead atoms.